The molecule has 0 atom stereocenters. The molecule has 0 spiro atoms. The minimum atomic E-state index is 0.285. The fraction of sp³-hybridized carbons (Fsp3) is 0.600. The van der Waals surface area contributed by atoms with Crippen LogP contribution in [0.5, 0.6) is 0 Å². The lowest BCUT2D eigenvalue weighted by molar-refractivity contribution is 0.150. The Morgan fingerprint density at radius 3 is 3.19 bits per heavy atom. The fourth-order valence-electron chi connectivity index (χ4n) is 1.92. The molecule has 88 valence electrons. The molecule has 0 aliphatic carbocycles. The van der Waals surface area contributed by atoms with E-state index in [0.29, 0.717) is 6.61 Å². The summed E-state index contributed by atoms with van der Waals surface area (Å²) in [4.78, 5) is 0. The van der Waals surface area contributed by atoms with Crippen molar-refractivity contribution in [3.63, 3.8) is 0 Å². The first-order chi connectivity index (χ1) is 7.74. The molecule has 6 heteroatoms. The maximum Gasteiger partial charge on any atom is 0.193 e. The molecule has 16 heavy (non-hydrogen) atoms. The Morgan fingerprint density at radius 1 is 1.69 bits per heavy atom. The number of nitrogens with zero attached hydrogens (tertiary/aromatic N) is 2. The first-order valence-electron chi connectivity index (χ1n) is 5.46. The van der Waals surface area contributed by atoms with Crippen molar-refractivity contribution in [3.8, 4) is 0 Å². The van der Waals surface area contributed by atoms with Crippen LogP contribution in [0.2, 0.25) is 0 Å². The molecule has 0 saturated heterocycles. The summed E-state index contributed by atoms with van der Waals surface area (Å²) in [6, 6.07) is 0. The normalized spacial score (nSPS) is 13.6. The summed E-state index contributed by atoms with van der Waals surface area (Å²) in [6.45, 7) is 4.34. The van der Waals surface area contributed by atoms with Gasteiger partial charge in [-0.2, -0.15) is 9.78 Å². The molecule has 0 radical (unpaired) electrons. The van der Waals surface area contributed by atoms with Gasteiger partial charge in [-0.05, 0) is 25.6 Å². The largest absolute Gasteiger partial charge is 0.381 e. The van der Waals surface area contributed by atoms with Crippen LogP contribution in [0.15, 0.2) is 0 Å². The second-order valence-electron chi connectivity index (χ2n) is 3.65. The summed E-state index contributed by atoms with van der Waals surface area (Å²) in [7, 11) is 0. The third kappa shape index (κ3) is 2.03. The zero-order chi connectivity index (χ0) is 11.5. The number of hydrogen-bond acceptors (Lipinski definition) is 4. The van der Waals surface area contributed by atoms with Gasteiger partial charge in [0.05, 0.1) is 12.3 Å². The van der Waals surface area contributed by atoms with Crippen LogP contribution in [0.25, 0.3) is 0 Å². The monoisotopic (exact) mass is 240 g/mol. The number of ether oxygens (including phenoxy) is 1. The van der Waals surface area contributed by atoms with Crippen LogP contribution in [-0.2, 0) is 17.6 Å². The topological polar surface area (TPSA) is 65.1 Å². The standard InChI is InChI=1S/C10H16N4OS/c1-2-15-6-4-8-7-3-5-12-9(7)14(13-8)10(11)16/h12H,2-6H2,1H3,(H2,11,16). The molecular weight excluding hydrogens is 224 g/mol. The third-order valence-corrected chi connectivity index (χ3v) is 2.80. The third-order valence-electron chi connectivity index (χ3n) is 2.63. The van der Waals surface area contributed by atoms with E-state index in [0.717, 1.165) is 37.5 Å². The molecule has 0 fully saturated rings. The van der Waals surface area contributed by atoms with Gasteiger partial charge in [-0.25, -0.2) is 0 Å². The van der Waals surface area contributed by atoms with Gasteiger partial charge in [0.1, 0.15) is 5.82 Å². The van der Waals surface area contributed by atoms with Crippen molar-refractivity contribution in [3.05, 3.63) is 11.3 Å². The van der Waals surface area contributed by atoms with Gasteiger partial charge < -0.3 is 15.8 Å². The zero-order valence-electron chi connectivity index (χ0n) is 9.32. The molecule has 0 saturated carbocycles. The van der Waals surface area contributed by atoms with Crippen LogP contribution in [0.1, 0.15) is 18.2 Å². The number of hydrogen-bond donors (Lipinski definition) is 2. The number of nitrogens with one attached hydrogen (secondary N) is 1. The molecule has 1 aliphatic rings. The lowest BCUT2D eigenvalue weighted by Gasteiger charge is -2.02. The van der Waals surface area contributed by atoms with E-state index in [-0.39, 0.29) is 5.11 Å². The number of anilines is 1. The highest BCUT2D eigenvalue weighted by molar-refractivity contribution is 7.80. The molecule has 2 rings (SSSR count). The maximum atomic E-state index is 5.62. The Balaban J connectivity index is 2.19. The molecule has 1 aromatic heterocycles. The highest BCUT2D eigenvalue weighted by atomic mass is 32.1. The molecule has 1 aliphatic heterocycles. The van der Waals surface area contributed by atoms with E-state index in [2.05, 4.69) is 10.4 Å². The van der Waals surface area contributed by atoms with Gasteiger partial charge in [0, 0.05) is 25.1 Å². The Bertz CT molecular complexity index is 402. The van der Waals surface area contributed by atoms with Crippen molar-refractivity contribution in [1.29, 1.82) is 0 Å². The van der Waals surface area contributed by atoms with Crippen molar-refractivity contribution in [2.75, 3.05) is 25.1 Å². The van der Waals surface area contributed by atoms with Crippen LogP contribution < -0.4 is 11.1 Å². The van der Waals surface area contributed by atoms with E-state index >= 15 is 0 Å². The van der Waals surface area contributed by atoms with Crippen molar-refractivity contribution in [2.45, 2.75) is 19.8 Å². The molecular formula is C10H16N4OS. The van der Waals surface area contributed by atoms with Crippen molar-refractivity contribution < 1.29 is 4.74 Å². The fourth-order valence-corrected chi connectivity index (χ4v) is 2.05. The Hall–Kier alpha value is -1.14. The van der Waals surface area contributed by atoms with E-state index in [1.54, 1.807) is 4.68 Å². The molecule has 2 heterocycles. The smallest absolute Gasteiger partial charge is 0.193 e. The van der Waals surface area contributed by atoms with Crippen molar-refractivity contribution >= 4 is 23.1 Å². The van der Waals surface area contributed by atoms with Gasteiger partial charge in [-0.3, -0.25) is 0 Å². The summed E-state index contributed by atoms with van der Waals surface area (Å²) in [5.74, 6) is 0.957. The first-order valence-corrected chi connectivity index (χ1v) is 5.87. The lowest BCUT2D eigenvalue weighted by Crippen LogP contribution is -2.22. The number of rotatable bonds is 4. The molecule has 0 amide bonds. The molecule has 5 nitrogen and oxygen atoms in total. The van der Waals surface area contributed by atoms with E-state index in [9.17, 15) is 0 Å². The summed E-state index contributed by atoms with van der Waals surface area (Å²) >= 11 is 4.96. The number of nitrogens with two attached hydrogens (primary N) is 1. The van der Waals surface area contributed by atoms with Gasteiger partial charge in [0.15, 0.2) is 5.11 Å². The van der Waals surface area contributed by atoms with Gasteiger partial charge in [-0.1, -0.05) is 0 Å². The van der Waals surface area contributed by atoms with Gasteiger partial charge in [0.25, 0.3) is 0 Å². The second kappa shape index (κ2) is 4.80. The predicted octanol–water partition coefficient (Wildman–Crippen LogP) is 0.522. The number of fused-ring (bicyclic) bond motifs is 1. The predicted molar refractivity (Wildman–Crippen MR) is 66.8 cm³/mol. The number of aromatic nitrogens is 2. The minimum absolute atomic E-state index is 0.285. The van der Waals surface area contributed by atoms with Crippen LogP contribution >= 0.6 is 12.2 Å². The summed E-state index contributed by atoms with van der Waals surface area (Å²) in [5, 5.41) is 7.95. The minimum Gasteiger partial charge on any atom is -0.381 e. The molecule has 0 unspecified atom stereocenters. The summed E-state index contributed by atoms with van der Waals surface area (Å²) in [6.07, 6.45) is 1.80. The van der Waals surface area contributed by atoms with Gasteiger partial charge in [0.2, 0.25) is 0 Å². The van der Waals surface area contributed by atoms with Crippen molar-refractivity contribution in [2.24, 2.45) is 5.73 Å². The first kappa shape index (κ1) is 11.3. The Kier molecular flexibility index (Phi) is 3.40. The van der Waals surface area contributed by atoms with E-state index in [1.165, 1.54) is 5.56 Å². The van der Waals surface area contributed by atoms with Crippen LogP contribution in [0.4, 0.5) is 5.82 Å². The second-order valence-corrected chi connectivity index (χ2v) is 4.07. The summed E-state index contributed by atoms with van der Waals surface area (Å²) < 4.78 is 6.94. The Labute approximate surface area is 99.9 Å². The highest BCUT2D eigenvalue weighted by Crippen LogP contribution is 2.25. The van der Waals surface area contributed by atoms with Crippen LogP contribution in [0, 0.1) is 0 Å². The molecule has 0 aromatic carbocycles. The van der Waals surface area contributed by atoms with Gasteiger partial charge >= 0.3 is 0 Å². The van der Waals surface area contributed by atoms with Crippen LogP contribution in [0.3, 0.4) is 0 Å². The van der Waals surface area contributed by atoms with Crippen LogP contribution in [-0.4, -0.2) is 34.7 Å². The quantitative estimate of drug-likeness (QED) is 0.593. The van der Waals surface area contributed by atoms with E-state index in [4.69, 9.17) is 22.7 Å². The summed E-state index contributed by atoms with van der Waals surface area (Å²) in [5.41, 5.74) is 7.89. The maximum absolute atomic E-state index is 5.62. The molecule has 0 bridgehead atoms. The molecule has 1 aromatic rings. The lowest BCUT2D eigenvalue weighted by atomic mass is 10.1. The highest BCUT2D eigenvalue weighted by Gasteiger charge is 2.22. The Morgan fingerprint density at radius 2 is 2.50 bits per heavy atom. The van der Waals surface area contributed by atoms with Gasteiger partial charge in [-0.15, -0.1) is 0 Å². The van der Waals surface area contributed by atoms with Crippen molar-refractivity contribution in [1.82, 2.24) is 9.78 Å². The average Bonchev–Trinajstić information content (AvgIpc) is 2.80. The zero-order valence-corrected chi connectivity index (χ0v) is 10.1. The van der Waals surface area contributed by atoms with E-state index in [1.807, 2.05) is 6.92 Å². The van der Waals surface area contributed by atoms with E-state index < -0.39 is 0 Å². The average molecular weight is 240 g/mol. The molecule has 3 N–H and O–H groups in total. The SMILES string of the molecule is CCOCCc1nn(C(N)=S)c2c1CCN2. The number of thiocarbonyl (C=S) groups is 1.